The minimum Gasteiger partial charge on any atom is -0.361 e. The maximum Gasteiger partial charge on any atom is 0.0457 e. The van der Waals surface area contributed by atoms with E-state index in [9.17, 15) is 0 Å². The molecule has 2 nitrogen and oxygen atoms in total. The van der Waals surface area contributed by atoms with Gasteiger partial charge in [-0.05, 0) is 35.1 Å². The average molecular weight is 230 g/mol. The van der Waals surface area contributed by atoms with Crippen molar-refractivity contribution in [3.05, 3.63) is 35.5 Å². The smallest absolute Gasteiger partial charge is 0.0457 e. The van der Waals surface area contributed by atoms with Gasteiger partial charge in [-0.15, -0.1) is 0 Å². The lowest BCUT2D eigenvalue weighted by Gasteiger charge is -2.15. The molecule has 0 saturated carbocycles. The van der Waals surface area contributed by atoms with Crippen LogP contribution in [0.25, 0.3) is 10.9 Å². The maximum atomic E-state index is 6.25. The van der Waals surface area contributed by atoms with E-state index in [-0.39, 0.29) is 6.04 Å². The number of rotatable bonds is 3. The molecule has 0 spiro atoms. The molecule has 1 heterocycles. The third kappa shape index (κ3) is 2.22. The monoisotopic (exact) mass is 230 g/mol. The summed E-state index contributed by atoms with van der Waals surface area (Å²) in [6, 6.07) is 6.72. The molecule has 1 aromatic carbocycles. The van der Waals surface area contributed by atoms with E-state index >= 15 is 0 Å². The summed E-state index contributed by atoms with van der Waals surface area (Å²) in [5.74, 6) is 1.01. The lowest BCUT2D eigenvalue weighted by molar-refractivity contribution is 0.517. The fraction of sp³-hybridized carbons (Fsp3) is 0.467. The number of benzene rings is 1. The maximum absolute atomic E-state index is 6.25. The van der Waals surface area contributed by atoms with Crippen molar-refractivity contribution in [2.45, 2.75) is 39.7 Å². The Morgan fingerprint density at radius 1 is 1.12 bits per heavy atom. The molecular formula is C15H22N2. The van der Waals surface area contributed by atoms with E-state index < -0.39 is 0 Å². The second-order valence-electron chi connectivity index (χ2n) is 5.47. The Bertz CT molecular complexity index is 509. The Labute approximate surface area is 103 Å². The number of aromatic nitrogens is 1. The van der Waals surface area contributed by atoms with Crippen molar-refractivity contribution in [3.63, 3.8) is 0 Å². The molecule has 0 saturated heterocycles. The van der Waals surface area contributed by atoms with Gasteiger partial charge in [0.15, 0.2) is 0 Å². The van der Waals surface area contributed by atoms with E-state index in [2.05, 4.69) is 57.1 Å². The minimum absolute atomic E-state index is 0.103. The van der Waals surface area contributed by atoms with Crippen molar-refractivity contribution in [2.24, 2.45) is 11.7 Å². The molecule has 3 N–H and O–H groups in total. The van der Waals surface area contributed by atoms with Crippen LogP contribution in [0.5, 0.6) is 0 Å². The van der Waals surface area contributed by atoms with Gasteiger partial charge in [0.2, 0.25) is 0 Å². The zero-order valence-electron chi connectivity index (χ0n) is 11.1. The number of aromatic amines is 1. The van der Waals surface area contributed by atoms with Gasteiger partial charge < -0.3 is 10.7 Å². The highest BCUT2D eigenvalue weighted by atomic mass is 14.7. The van der Waals surface area contributed by atoms with Gasteiger partial charge in [-0.1, -0.05) is 33.8 Å². The fourth-order valence-corrected chi connectivity index (χ4v) is 2.15. The Morgan fingerprint density at radius 2 is 1.82 bits per heavy atom. The van der Waals surface area contributed by atoms with Gasteiger partial charge in [-0.3, -0.25) is 0 Å². The standard InChI is InChI=1S/C15H22N2/c1-9(2)11-5-6-14-12(7-11)13(8-17-14)15(16)10(3)4/h5-10,15,17H,16H2,1-4H3. The van der Waals surface area contributed by atoms with Crippen molar-refractivity contribution < 1.29 is 0 Å². The average Bonchev–Trinajstić information content (AvgIpc) is 2.70. The highest BCUT2D eigenvalue weighted by Gasteiger charge is 2.15. The highest BCUT2D eigenvalue weighted by Crippen LogP contribution is 2.29. The SMILES string of the molecule is CC(C)c1ccc2[nH]cc(C(N)C(C)C)c2c1. The summed E-state index contributed by atoms with van der Waals surface area (Å²) < 4.78 is 0. The van der Waals surface area contributed by atoms with Crippen molar-refractivity contribution in [1.29, 1.82) is 0 Å². The second kappa shape index (κ2) is 4.53. The van der Waals surface area contributed by atoms with Gasteiger partial charge in [0.25, 0.3) is 0 Å². The quantitative estimate of drug-likeness (QED) is 0.823. The van der Waals surface area contributed by atoms with Gasteiger partial charge in [0.05, 0.1) is 0 Å². The number of nitrogens with one attached hydrogen (secondary N) is 1. The van der Waals surface area contributed by atoms with Crippen molar-refractivity contribution in [1.82, 2.24) is 4.98 Å². The first-order valence-electron chi connectivity index (χ1n) is 6.37. The van der Waals surface area contributed by atoms with Gasteiger partial charge >= 0.3 is 0 Å². The molecule has 2 heteroatoms. The summed E-state index contributed by atoms with van der Waals surface area (Å²) in [4.78, 5) is 3.31. The molecule has 1 unspecified atom stereocenters. The first kappa shape index (κ1) is 12.2. The molecule has 0 aliphatic carbocycles. The molecule has 0 aliphatic rings. The van der Waals surface area contributed by atoms with Crippen LogP contribution in [0.4, 0.5) is 0 Å². The van der Waals surface area contributed by atoms with Crippen molar-refractivity contribution in [3.8, 4) is 0 Å². The number of H-pyrrole nitrogens is 1. The van der Waals surface area contributed by atoms with Gasteiger partial charge in [0, 0.05) is 23.1 Å². The van der Waals surface area contributed by atoms with E-state index in [1.807, 2.05) is 0 Å². The molecule has 1 aromatic heterocycles. The molecule has 2 rings (SSSR count). The number of hydrogen-bond donors (Lipinski definition) is 2. The van der Waals surface area contributed by atoms with E-state index in [4.69, 9.17) is 5.73 Å². The van der Waals surface area contributed by atoms with E-state index in [1.165, 1.54) is 22.0 Å². The zero-order chi connectivity index (χ0) is 12.6. The molecule has 0 fully saturated rings. The lowest BCUT2D eigenvalue weighted by atomic mass is 9.94. The van der Waals surface area contributed by atoms with E-state index in [1.54, 1.807) is 0 Å². The van der Waals surface area contributed by atoms with Crippen LogP contribution in [0.2, 0.25) is 0 Å². The van der Waals surface area contributed by atoms with Crippen LogP contribution in [0.1, 0.15) is 50.8 Å². The summed E-state index contributed by atoms with van der Waals surface area (Å²) in [6.07, 6.45) is 2.06. The number of hydrogen-bond acceptors (Lipinski definition) is 1. The molecule has 17 heavy (non-hydrogen) atoms. The third-order valence-corrected chi connectivity index (χ3v) is 3.48. The lowest BCUT2D eigenvalue weighted by Crippen LogP contribution is -2.16. The predicted molar refractivity (Wildman–Crippen MR) is 74.2 cm³/mol. The van der Waals surface area contributed by atoms with Gasteiger partial charge in [-0.25, -0.2) is 0 Å². The molecule has 0 amide bonds. The summed E-state index contributed by atoms with van der Waals surface area (Å²) in [6.45, 7) is 8.76. The summed E-state index contributed by atoms with van der Waals surface area (Å²) >= 11 is 0. The topological polar surface area (TPSA) is 41.8 Å². The Kier molecular flexibility index (Phi) is 3.25. The van der Waals surface area contributed by atoms with Gasteiger partial charge in [0.1, 0.15) is 0 Å². The van der Waals surface area contributed by atoms with Crippen LogP contribution in [0.15, 0.2) is 24.4 Å². The third-order valence-electron chi connectivity index (χ3n) is 3.48. The number of fused-ring (bicyclic) bond motifs is 1. The minimum atomic E-state index is 0.103. The van der Waals surface area contributed by atoms with Crippen LogP contribution in [0.3, 0.4) is 0 Å². The van der Waals surface area contributed by atoms with Crippen molar-refractivity contribution >= 4 is 10.9 Å². The summed E-state index contributed by atoms with van der Waals surface area (Å²) in [5.41, 5.74) is 10.0. The molecule has 1 atom stereocenters. The van der Waals surface area contributed by atoms with Crippen LogP contribution < -0.4 is 5.73 Å². The first-order valence-corrected chi connectivity index (χ1v) is 6.37. The van der Waals surface area contributed by atoms with Crippen LogP contribution >= 0.6 is 0 Å². The molecule has 0 aliphatic heterocycles. The van der Waals surface area contributed by atoms with Crippen LogP contribution in [0, 0.1) is 5.92 Å². The van der Waals surface area contributed by atoms with Crippen LogP contribution in [-0.2, 0) is 0 Å². The second-order valence-corrected chi connectivity index (χ2v) is 5.47. The molecule has 2 aromatic rings. The van der Waals surface area contributed by atoms with Crippen LogP contribution in [-0.4, -0.2) is 4.98 Å². The summed E-state index contributed by atoms with van der Waals surface area (Å²) in [7, 11) is 0. The largest absolute Gasteiger partial charge is 0.361 e. The first-order chi connectivity index (χ1) is 8.00. The van der Waals surface area contributed by atoms with E-state index in [0.29, 0.717) is 11.8 Å². The predicted octanol–water partition coefficient (Wildman–Crippen LogP) is 3.95. The summed E-state index contributed by atoms with van der Waals surface area (Å²) in [5, 5.41) is 1.28. The van der Waals surface area contributed by atoms with E-state index in [0.717, 1.165) is 0 Å². The molecule has 0 bridgehead atoms. The normalized spacial score (nSPS) is 13.8. The van der Waals surface area contributed by atoms with Crippen molar-refractivity contribution in [2.75, 3.05) is 0 Å². The zero-order valence-corrected chi connectivity index (χ0v) is 11.1. The number of nitrogens with two attached hydrogens (primary N) is 1. The molecular weight excluding hydrogens is 208 g/mol. The fourth-order valence-electron chi connectivity index (χ4n) is 2.15. The highest BCUT2D eigenvalue weighted by molar-refractivity contribution is 5.84. The Morgan fingerprint density at radius 3 is 2.41 bits per heavy atom. The van der Waals surface area contributed by atoms with Gasteiger partial charge in [-0.2, -0.15) is 0 Å². The molecule has 92 valence electrons. The molecule has 0 radical (unpaired) electrons. The Hall–Kier alpha value is -1.28. The Balaban J connectivity index is 2.54.